The van der Waals surface area contributed by atoms with Gasteiger partial charge in [-0.05, 0) is 11.4 Å². The van der Waals surface area contributed by atoms with Gasteiger partial charge in [0, 0.05) is 11.4 Å². The lowest BCUT2D eigenvalue weighted by Gasteiger charge is -2.22. The number of amides is 1. The summed E-state index contributed by atoms with van der Waals surface area (Å²) in [7, 11) is 0. The quantitative estimate of drug-likeness (QED) is 0.782. The number of nitrogens with one attached hydrogen (secondary N) is 1. The molecule has 9 heteroatoms. The van der Waals surface area contributed by atoms with Crippen molar-refractivity contribution in [2.24, 2.45) is 0 Å². The maximum Gasteiger partial charge on any atom is 0.273 e. The van der Waals surface area contributed by atoms with Gasteiger partial charge in [0.15, 0.2) is 5.69 Å². The minimum atomic E-state index is -0.666. The van der Waals surface area contributed by atoms with Gasteiger partial charge in [-0.25, -0.2) is 4.68 Å². The predicted octanol–water partition coefficient (Wildman–Crippen LogP) is 0.218. The summed E-state index contributed by atoms with van der Waals surface area (Å²) in [5.41, 5.74) is 0.208. The summed E-state index contributed by atoms with van der Waals surface area (Å²) >= 11 is 1.47. The number of aliphatic hydroxyl groups excluding tert-OH is 1. The summed E-state index contributed by atoms with van der Waals surface area (Å²) in [6.07, 6.45) is 0.716. The monoisotopic (exact) mass is 338 g/mol. The third-order valence-electron chi connectivity index (χ3n) is 3.38. The van der Waals surface area contributed by atoms with Crippen molar-refractivity contribution in [1.82, 2.24) is 20.3 Å². The Balaban J connectivity index is 1.50. The SMILES string of the molecule is O=C(NCC1COCCO1)c1cn(CC(O)c2cccs2)nn1. The number of carbonyl (C=O) groups is 1. The molecule has 0 spiro atoms. The van der Waals surface area contributed by atoms with Gasteiger partial charge in [-0.2, -0.15) is 0 Å². The van der Waals surface area contributed by atoms with Crippen LogP contribution in [0.25, 0.3) is 0 Å². The first-order chi connectivity index (χ1) is 11.2. The van der Waals surface area contributed by atoms with Crippen LogP contribution >= 0.6 is 11.3 Å². The second-order valence-corrected chi connectivity index (χ2v) is 6.11. The molecule has 1 fully saturated rings. The summed E-state index contributed by atoms with van der Waals surface area (Å²) in [6.45, 7) is 2.21. The van der Waals surface area contributed by atoms with Crippen LogP contribution in [0.3, 0.4) is 0 Å². The highest BCUT2D eigenvalue weighted by molar-refractivity contribution is 7.10. The number of aliphatic hydroxyl groups is 1. The highest BCUT2D eigenvalue weighted by Gasteiger charge is 2.18. The van der Waals surface area contributed by atoms with Gasteiger partial charge in [0.1, 0.15) is 6.10 Å². The number of ether oxygens (including phenoxy) is 2. The van der Waals surface area contributed by atoms with Gasteiger partial charge in [0.2, 0.25) is 0 Å². The van der Waals surface area contributed by atoms with Crippen LogP contribution < -0.4 is 5.32 Å². The minimum absolute atomic E-state index is 0.136. The van der Waals surface area contributed by atoms with E-state index in [-0.39, 0.29) is 24.2 Å². The lowest BCUT2D eigenvalue weighted by molar-refractivity contribution is -0.0855. The average molecular weight is 338 g/mol. The van der Waals surface area contributed by atoms with E-state index in [1.54, 1.807) is 0 Å². The highest BCUT2D eigenvalue weighted by atomic mass is 32.1. The molecule has 0 bridgehead atoms. The topological polar surface area (TPSA) is 98.5 Å². The lowest BCUT2D eigenvalue weighted by Crippen LogP contribution is -2.39. The van der Waals surface area contributed by atoms with Gasteiger partial charge >= 0.3 is 0 Å². The largest absolute Gasteiger partial charge is 0.386 e. The van der Waals surface area contributed by atoms with Gasteiger partial charge in [-0.1, -0.05) is 11.3 Å². The first-order valence-corrected chi connectivity index (χ1v) is 8.19. The minimum Gasteiger partial charge on any atom is -0.386 e. The predicted molar refractivity (Wildman–Crippen MR) is 82.2 cm³/mol. The Hall–Kier alpha value is -1.81. The molecule has 0 aliphatic carbocycles. The molecule has 2 aromatic heterocycles. The van der Waals surface area contributed by atoms with Gasteiger partial charge in [-0.3, -0.25) is 4.79 Å². The number of aromatic nitrogens is 3. The van der Waals surface area contributed by atoms with E-state index in [2.05, 4.69) is 15.6 Å². The maximum atomic E-state index is 12.0. The molecule has 2 N–H and O–H groups in total. The third kappa shape index (κ3) is 4.35. The zero-order valence-electron chi connectivity index (χ0n) is 12.4. The number of hydrogen-bond acceptors (Lipinski definition) is 7. The Labute approximate surface area is 137 Å². The van der Waals surface area contributed by atoms with Crippen molar-refractivity contribution < 1.29 is 19.4 Å². The molecule has 124 valence electrons. The van der Waals surface area contributed by atoms with E-state index in [9.17, 15) is 9.90 Å². The second kappa shape index (κ2) is 7.64. The Morgan fingerprint density at radius 3 is 3.22 bits per heavy atom. The zero-order valence-corrected chi connectivity index (χ0v) is 13.2. The number of nitrogens with zero attached hydrogens (tertiary/aromatic N) is 3. The van der Waals surface area contributed by atoms with Crippen molar-refractivity contribution in [3.63, 3.8) is 0 Å². The smallest absolute Gasteiger partial charge is 0.273 e. The Morgan fingerprint density at radius 1 is 1.57 bits per heavy atom. The molecule has 1 aliphatic heterocycles. The molecule has 0 radical (unpaired) electrons. The van der Waals surface area contributed by atoms with Crippen LogP contribution in [0.4, 0.5) is 0 Å². The highest BCUT2D eigenvalue weighted by Crippen LogP contribution is 2.19. The summed E-state index contributed by atoms with van der Waals surface area (Å²) in [5.74, 6) is -0.323. The third-order valence-corrected chi connectivity index (χ3v) is 4.35. The summed E-state index contributed by atoms with van der Waals surface area (Å²) in [5, 5.41) is 22.4. The molecule has 0 aromatic carbocycles. The summed E-state index contributed by atoms with van der Waals surface area (Å²) in [6, 6.07) is 3.73. The van der Waals surface area contributed by atoms with Crippen molar-refractivity contribution in [2.45, 2.75) is 18.8 Å². The first-order valence-electron chi connectivity index (χ1n) is 7.31. The van der Waals surface area contributed by atoms with Crippen LogP contribution in [-0.2, 0) is 16.0 Å². The van der Waals surface area contributed by atoms with Crippen molar-refractivity contribution in [1.29, 1.82) is 0 Å². The molecule has 3 rings (SSSR count). The van der Waals surface area contributed by atoms with Crippen LogP contribution in [0.1, 0.15) is 21.5 Å². The van der Waals surface area contributed by atoms with E-state index < -0.39 is 6.10 Å². The lowest BCUT2D eigenvalue weighted by atomic mass is 10.3. The second-order valence-electron chi connectivity index (χ2n) is 5.13. The molecule has 1 aliphatic rings. The van der Waals surface area contributed by atoms with Gasteiger partial charge in [0.05, 0.1) is 38.7 Å². The van der Waals surface area contributed by atoms with Gasteiger partial charge < -0.3 is 19.9 Å². The fourth-order valence-electron chi connectivity index (χ4n) is 2.19. The van der Waals surface area contributed by atoms with Gasteiger partial charge in [-0.15, -0.1) is 16.4 Å². The first kappa shape index (κ1) is 16.1. The molecule has 23 heavy (non-hydrogen) atoms. The van der Waals surface area contributed by atoms with Crippen LogP contribution in [-0.4, -0.2) is 58.5 Å². The van der Waals surface area contributed by atoms with E-state index >= 15 is 0 Å². The molecule has 2 unspecified atom stereocenters. The van der Waals surface area contributed by atoms with Gasteiger partial charge in [0.25, 0.3) is 5.91 Å². The summed E-state index contributed by atoms with van der Waals surface area (Å²) in [4.78, 5) is 12.9. The van der Waals surface area contributed by atoms with Crippen molar-refractivity contribution in [3.05, 3.63) is 34.3 Å². The van der Waals surface area contributed by atoms with Crippen LogP contribution in [0.2, 0.25) is 0 Å². The molecule has 1 amide bonds. The Morgan fingerprint density at radius 2 is 2.48 bits per heavy atom. The van der Waals surface area contributed by atoms with E-state index in [0.29, 0.717) is 26.4 Å². The molecule has 2 aromatic rings. The Kier molecular flexibility index (Phi) is 5.34. The molecule has 8 nitrogen and oxygen atoms in total. The van der Waals surface area contributed by atoms with E-state index in [1.165, 1.54) is 22.2 Å². The molecule has 2 atom stereocenters. The van der Waals surface area contributed by atoms with Crippen molar-refractivity contribution in [2.75, 3.05) is 26.4 Å². The number of rotatable bonds is 6. The zero-order chi connectivity index (χ0) is 16.1. The number of carbonyl (C=O) groups excluding carboxylic acids is 1. The Bertz CT molecular complexity index is 625. The maximum absolute atomic E-state index is 12.0. The number of thiophene rings is 1. The fourth-order valence-corrected chi connectivity index (χ4v) is 2.89. The van der Waals surface area contributed by atoms with Crippen LogP contribution in [0.15, 0.2) is 23.7 Å². The molecule has 1 saturated heterocycles. The van der Waals surface area contributed by atoms with Crippen LogP contribution in [0.5, 0.6) is 0 Å². The standard InChI is InChI=1S/C14H18N4O4S/c19-12(13-2-1-5-23-13)8-18-7-11(16-17-18)14(20)15-6-10-9-21-3-4-22-10/h1-2,5,7,10,12,19H,3-4,6,8-9H2,(H,15,20). The van der Waals surface area contributed by atoms with E-state index in [4.69, 9.17) is 9.47 Å². The molecular weight excluding hydrogens is 320 g/mol. The van der Waals surface area contributed by atoms with E-state index in [1.807, 2.05) is 17.5 Å². The van der Waals surface area contributed by atoms with Crippen molar-refractivity contribution in [3.8, 4) is 0 Å². The molecular formula is C14H18N4O4S. The molecule has 0 saturated carbocycles. The normalized spacial score (nSPS) is 19.4. The van der Waals surface area contributed by atoms with Crippen LogP contribution in [0, 0.1) is 0 Å². The summed E-state index contributed by atoms with van der Waals surface area (Å²) < 4.78 is 12.2. The fraction of sp³-hybridized carbons (Fsp3) is 0.500. The number of hydrogen-bond donors (Lipinski definition) is 2. The average Bonchev–Trinajstić information content (AvgIpc) is 3.25. The van der Waals surface area contributed by atoms with Crippen molar-refractivity contribution >= 4 is 17.2 Å². The van der Waals surface area contributed by atoms with E-state index in [0.717, 1.165) is 4.88 Å². The molecule has 3 heterocycles.